The highest BCUT2D eigenvalue weighted by Gasteiger charge is 2.44. The van der Waals surface area contributed by atoms with Gasteiger partial charge in [-0.3, -0.25) is 4.99 Å². The molecular weight excluding hydrogens is 355 g/mol. The molecule has 1 atom stereocenters. The maximum absolute atomic E-state index is 11.4. The van der Waals surface area contributed by atoms with Crippen molar-refractivity contribution in [2.75, 3.05) is 17.7 Å². The molecule has 2 aromatic carbocycles. The van der Waals surface area contributed by atoms with Gasteiger partial charge < -0.3 is 10.4 Å². The van der Waals surface area contributed by atoms with Gasteiger partial charge in [-0.1, -0.05) is 41.9 Å². The van der Waals surface area contributed by atoms with Crippen molar-refractivity contribution in [3.05, 3.63) is 64.7 Å². The van der Waals surface area contributed by atoms with Crippen molar-refractivity contribution < 1.29 is 5.11 Å². The van der Waals surface area contributed by atoms with Crippen LogP contribution >= 0.6 is 35.6 Å². The zero-order chi connectivity index (χ0) is 15.6. The molecule has 6 heteroatoms. The number of para-hydroxylation sites is 1. The van der Waals surface area contributed by atoms with Crippen LogP contribution in [0.25, 0.3) is 0 Å². The predicted octanol–water partition coefficient (Wildman–Crippen LogP) is 4.45. The smallest absolute Gasteiger partial charge is 0.174 e. The van der Waals surface area contributed by atoms with Gasteiger partial charge in [0.25, 0.3) is 0 Å². The second kappa shape index (κ2) is 7.54. The van der Waals surface area contributed by atoms with E-state index in [4.69, 9.17) is 23.2 Å². The number of hydrogen-bond acceptors (Lipinski definition) is 2. The minimum atomic E-state index is -1.31. The van der Waals surface area contributed by atoms with Crippen molar-refractivity contribution in [3.8, 4) is 0 Å². The molecule has 0 aromatic heterocycles. The summed E-state index contributed by atoms with van der Waals surface area (Å²) in [4.78, 5) is 4.51. The molecular formula is C17H17Cl3N2O. The van der Waals surface area contributed by atoms with Gasteiger partial charge in [0.1, 0.15) is 5.84 Å². The summed E-state index contributed by atoms with van der Waals surface area (Å²) in [5.41, 5.74) is 1.02. The fourth-order valence-corrected chi connectivity index (χ4v) is 2.97. The van der Waals surface area contributed by atoms with Crippen molar-refractivity contribution in [2.24, 2.45) is 4.99 Å². The Kier molecular flexibility index (Phi) is 5.93. The summed E-state index contributed by atoms with van der Waals surface area (Å²) in [5.74, 6) is 1.06. The second-order valence-electron chi connectivity index (χ2n) is 5.16. The van der Waals surface area contributed by atoms with Crippen LogP contribution in [0.1, 0.15) is 17.5 Å². The van der Waals surface area contributed by atoms with Crippen molar-refractivity contribution in [2.45, 2.75) is 12.0 Å². The van der Waals surface area contributed by atoms with E-state index >= 15 is 0 Å². The molecule has 122 valence electrons. The van der Waals surface area contributed by atoms with E-state index in [1.54, 1.807) is 12.1 Å². The number of nitrogens with zero attached hydrogens (tertiary/aromatic N) is 1. The van der Waals surface area contributed by atoms with Crippen LogP contribution in [0.2, 0.25) is 5.02 Å². The van der Waals surface area contributed by atoms with Crippen molar-refractivity contribution in [1.82, 2.24) is 0 Å². The Labute approximate surface area is 151 Å². The molecule has 0 spiro atoms. The van der Waals surface area contributed by atoms with E-state index < -0.39 is 5.60 Å². The first-order valence-corrected chi connectivity index (χ1v) is 8.03. The zero-order valence-corrected chi connectivity index (χ0v) is 14.6. The third-order valence-electron chi connectivity index (χ3n) is 3.72. The summed E-state index contributed by atoms with van der Waals surface area (Å²) >= 11 is 11.8. The van der Waals surface area contributed by atoms with Crippen molar-refractivity contribution in [1.29, 1.82) is 0 Å². The third kappa shape index (κ3) is 3.33. The molecule has 1 heterocycles. The zero-order valence-electron chi connectivity index (χ0n) is 12.3. The van der Waals surface area contributed by atoms with Crippen molar-refractivity contribution >= 4 is 47.1 Å². The number of benzene rings is 2. The fourth-order valence-electron chi connectivity index (χ4n) is 2.66. The summed E-state index contributed by atoms with van der Waals surface area (Å²) in [6.45, 7) is 0.558. The van der Waals surface area contributed by atoms with Crippen molar-refractivity contribution in [3.63, 3.8) is 0 Å². The average Bonchev–Trinajstić information content (AvgIpc) is 2.82. The fraction of sp³-hybridized carbons (Fsp3) is 0.235. The van der Waals surface area contributed by atoms with Gasteiger partial charge in [-0.05, 0) is 30.2 Å². The number of amidine groups is 1. The predicted molar refractivity (Wildman–Crippen MR) is 99.4 cm³/mol. The number of aliphatic hydroxyl groups is 1. The molecule has 3 rings (SSSR count). The summed E-state index contributed by atoms with van der Waals surface area (Å²) in [7, 11) is 0. The molecule has 1 unspecified atom stereocenters. The Bertz CT molecular complexity index is 720. The highest BCUT2D eigenvalue weighted by molar-refractivity contribution is 6.30. The lowest BCUT2D eigenvalue weighted by atomic mass is 9.87. The number of hydrogen-bond donors (Lipinski definition) is 2. The Morgan fingerprint density at radius 2 is 1.91 bits per heavy atom. The van der Waals surface area contributed by atoms with E-state index in [-0.39, 0.29) is 12.4 Å². The van der Waals surface area contributed by atoms with Crippen LogP contribution in [0.5, 0.6) is 0 Å². The first-order chi connectivity index (χ1) is 10.7. The monoisotopic (exact) mass is 370 g/mol. The van der Waals surface area contributed by atoms with E-state index in [0.717, 1.165) is 17.7 Å². The standard InChI is InChI=1S/C17H16Cl2N2O.ClH/c18-9-4-10-20-16-17(22,12-5-3-6-13(19)11-12)14-7-1-2-8-15(14)21-16;/h1-3,5-8,11,22H,4,9-10H2,(H,20,21);1H. The normalized spacial score (nSPS) is 20.7. The van der Waals surface area contributed by atoms with Gasteiger partial charge in [-0.25, -0.2) is 0 Å². The first-order valence-electron chi connectivity index (χ1n) is 7.12. The molecule has 0 saturated heterocycles. The Hall–Kier alpha value is -1.26. The van der Waals surface area contributed by atoms with E-state index in [2.05, 4.69) is 10.3 Å². The molecule has 1 aliphatic heterocycles. The molecule has 3 nitrogen and oxygen atoms in total. The maximum atomic E-state index is 11.4. The van der Waals surface area contributed by atoms with Crippen LogP contribution in [0.4, 0.5) is 5.69 Å². The number of alkyl halides is 1. The maximum Gasteiger partial charge on any atom is 0.174 e. The lowest BCUT2D eigenvalue weighted by Crippen LogP contribution is -2.36. The number of anilines is 1. The topological polar surface area (TPSA) is 44.6 Å². The van der Waals surface area contributed by atoms with E-state index in [1.807, 2.05) is 36.4 Å². The number of fused-ring (bicyclic) bond motifs is 1. The minimum absolute atomic E-state index is 0. The molecule has 0 saturated carbocycles. The Morgan fingerprint density at radius 1 is 1.13 bits per heavy atom. The van der Waals surface area contributed by atoms with Crippen LogP contribution in [0.3, 0.4) is 0 Å². The summed E-state index contributed by atoms with van der Waals surface area (Å²) in [6, 6.07) is 14.9. The molecule has 2 aromatic rings. The molecule has 0 fully saturated rings. The quantitative estimate of drug-likeness (QED) is 0.616. The lowest BCUT2D eigenvalue weighted by molar-refractivity contribution is 0.160. The summed E-state index contributed by atoms with van der Waals surface area (Å²) < 4.78 is 0. The second-order valence-corrected chi connectivity index (χ2v) is 5.98. The third-order valence-corrected chi connectivity index (χ3v) is 4.22. The van der Waals surface area contributed by atoms with Gasteiger partial charge >= 0.3 is 0 Å². The first kappa shape index (κ1) is 18.1. The molecule has 23 heavy (non-hydrogen) atoms. The van der Waals surface area contributed by atoms with E-state index in [1.165, 1.54) is 0 Å². The van der Waals surface area contributed by atoms with Gasteiger partial charge in [-0.15, -0.1) is 24.0 Å². The molecule has 0 radical (unpaired) electrons. The summed E-state index contributed by atoms with van der Waals surface area (Å²) in [5, 5.41) is 15.2. The summed E-state index contributed by atoms with van der Waals surface area (Å²) in [6.07, 6.45) is 0.759. The van der Waals surface area contributed by atoms with Crippen LogP contribution in [-0.4, -0.2) is 23.4 Å². The highest BCUT2D eigenvalue weighted by atomic mass is 35.5. The molecule has 0 amide bonds. The van der Waals surface area contributed by atoms with Gasteiger partial charge in [0.15, 0.2) is 5.60 Å². The number of aliphatic imine (C=N–C) groups is 1. The van der Waals surface area contributed by atoms with E-state index in [0.29, 0.717) is 28.8 Å². The SMILES string of the molecule is Cl.OC1(c2cccc(Cl)c2)C(=NCCCCl)Nc2ccccc21. The lowest BCUT2D eigenvalue weighted by Gasteiger charge is -2.24. The highest BCUT2D eigenvalue weighted by Crippen LogP contribution is 2.41. The van der Waals surface area contributed by atoms with Gasteiger partial charge in [-0.2, -0.15) is 0 Å². The van der Waals surface area contributed by atoms with Crippen LogP contribution < -0.4 is 5.32 Å². The van der Waals surface area contributed by atoms with Gasteiger partial charge in [0.05, 0.1) is 0 Å². The number of rotatable bonds is 4. The van der Waals surface area contributed by atoms with Gasteiger partial charge in [0, 0.05) is 28.7 Å². The van der Waals surface area contributed by atoms with Crippen LogP contribution in [0, 0.1) is 0 Å². The number of halogens is 3. The molecule has 0 bridgehead atoms. The molecule has 0 aliphatic carbocycles. The Balaban J connectivity index is 0.00000192. The Morgan fingerprint density at radius 3 is 2.65 bits per heavy atom. The van der Waals surface area contributed by atoms with Crippen LogP contribution in [-0.2, 0) is 5.60 Å². The van der Waals surface area contributed by atoms with E-state index in [9.17, 15) is 5.11 Å². The minimum Gasteiger partial charge on any atom is -0.373 e. The molecule has 1 aliphatic rings. The largest absolute Gasteiger partial charge is 0.373 e. The average molecular weight is 372 g/mol. The van der Waals surface area contributed by atoms with Crippen LogP contribution in [0.15, 0.2) is 53.5 Å². The van der Waals surface area contributed by atoms with Gasteiger partial charge in [0.2, 0.25) is 0 Å². The molecule has 2 N–H and O–H groups in total. The number of nitrogens with one attached hydrogen (secondary N) is 1.